The quantitative estimate of drug-likeness (QED) is 0.0213. The van der Waals surface area contributed by atoms with Crippen molar-refractivity contribution in [1.82, 2.24) is 0 Å². The minimum absolute atomic E-state index is 0.0278. The highest BCUT2D eigenvalue weighted by Crippen LogP contribution is 2.24. The third kappa shape index (κ3) is 22.0. The van der Waals surface area contributed by atoms with Crippen molar-refractivity contribution in [3.05, 3.63) is 111 Å². The third-order valence-electron chi connectivity index (χ3n) is 7.13. The molecule has 4 aromatic heterocycles. The van der Waals surface area contributed by atoms with Gasteiger partial charge in [-0.05, 0) is 118 Å². The Morgan fingerprint density at radius 2 is 1.08 bits per heavy atom. The number of esters is 2. The maximum atomic E-state index is 11.9. The fraction of sp³-hybridized carbons (Fsp3) is 0.366. The molecule has 0 fully saturated rings. The molecule has 4 heterocycles. The van der Waals surface area contributed by atoms with Crippen LogP contribution >= 0.6 is 63.7 Å². The van der Waals surface area contributed by atoms with Gasteiger partial charge in [0, 0.05) is 39.9 Å². The molecule has 63 heavy (non-hydrogen) atoms. The van der Waals surface area contributed by atoms with Gasteiger partial charge in [-0.15, -0.1) is 0 Å². The first-order valence-corrected chi connectivity index (χ1v) is 22.4. The van der Waals surface area contributed by atoms with Crippen molar-refractivity contribution in [1.29, 1.82) is 0 Å². The van der Waals surface area contributed by atoms with E-state index in [-0.39, 0.29) is 55.2 Å². The van der Waals surface area contributed by atoms with Gasteiger partial charge in [-0.25, -0.2) is 9.59 Å². The Kier molecular flexibility index (Phi) is 24.9. The molecule has 0 aliphatic rings. The van der Waals surface area contributed by atoms with Gasteiger partial charge in [0.25, 0.3) is 0 Å². The van der Waals surface area contributed by atoms with Gasteiger partial charge in [0.2, 0.25) is 4.69 Å². The van der Waals surface area contributed by atoms with Crippen LogP contribution in [0.5, 0.6) is 5.75 Å². The summed E-state index contributed by atoms with van der Waals surface area (Å²) in [5, 5.41) is 17.9. The number of furan rings is 3. The molecule has 0 amide bonds. The Bertz CT molecular complexity index is 2310. The monoisotopic (exact) mass is 1170 g/mol. The summed E-state index contributed by atoms with van der Waals surface area (Å²) < 4.78 is 38.8. The van der Waals surface area contributed by atoms with Crippen LogP contribution in [0.1, 0.15) is 86.5 Å². The van der Waals surface area contributed by atoms with Crippen LogP contribution in [0, 0.1) is 6.92 Å². The predicted octanol–water partition coefficient (Wildman–Crippen LogP) is 9.28. The molecule has 22 heteroatoms. The molecule has 1 aromatic carbocycles. The molecule has 0 bridgehead atoms. The first kappa shape index (κ1) is 57.1. The van der Waals surface area contributed by atoms with Gasteiger partial charge in [0.1, 0.15) is 75.2 Å². The number of ether oxygens (including phenoxy) is 4. The molecule has 5 aromatic rings. The van der Waals surface area contributed by atoms with Crippen LogP contribution in [-0.4, -0.2) is 52.3 Å². The molecule has 0 saturated heterocycles. The number of carbonyl (C=O) groups excluding carboxylic acids is 5. The number of halogens is 4. The molecule has 0 aliphatic carbocycles. The lowest BCUT2D eigenvalue weighted by Crippen LogP contribution is -2.26. The second-order valence-corrected chi connectivity index (χ2v) is 20.5. The minimum Gasteiger partial charge on any atom is -0.460 e. The number of rotatable bonds is 13. The zero-order chi connectivity index (χ0) is 48.1. The Hall–Kier alpha value is -3.90. The highest BCUT2D eigenvalue weighted by molar-refractivity contribution is 9.20. The van der Waals surface area contributed by atoms with Gasteiger partial charge in [-0.2, -0.15) is 0 Å². The van der Waals surface area contributed by atoms with E-state index in [0.29, 0.717) is 40.7 Å². The van der Waals surface area contributed by atoms with E-state index in [1.165, 1.54) is 18.2 Å². The molecule has 0 unspecified atom stereocenters. The van der Waals surface area contributed by atoms with Gasteiger partial charge < -0.3 is 46.8 Å². The fourth-order valence-corrected chi connectivity index (χ4v) is 4.18. The maximum absolute atomic E-state index is 11.9. The van der Waals surface area contributed by atoms with Crippen LogP contribution in [0.25, 0.3) is 11.0 Å². The van der Waals surface area contributed by atoms with Crippen molar-refractivity contribution >= 4 is 126 Å². The van der Waals surface area contributed by atoms with Crippen molar-refractivity contribution < 1.29 is 70.8 Å². The minimum atomic E-state index is -0.949. The number of fused-ring (bicyclic) bond motifs is 1. The standard InChI is InChI=1S/C21H19BrO8.C10H13BrO4.C6H6O3.C4H6Br2O.S2/c1-12-8-18(23)30-17-9-13(6-7-16(12)17)29-20(25)27-11-15-5-4-14(28-15)10-26-19(24)21(2,3)22;1-10(2,11)9(13)14-6-8-4-3-7(5-12)15-8;7-3-5-1-2-6(4-8)9-5;1-4(2,6)3(5)7;1-2/h4-9H,10-11H2,1-3H3;3-4,12H,5-6H2,1-2H3;1-3,8H,4H2;1-2H3;. The first-order valence-electron chi connectivity index (χ1n) is 17.9. The van der Waals surface area contributed by atoms with Crippen LogP contribution in [0.2, 0.25) is 0 Å². The van der Waals surface area contributed by atoms with Gasteiger partial charge in [-0.1, -0.05) is 47.8 Å². The summed E-state index contributed by atoms with van der Waals surface area (Å²) in [5.74, 6) is 1.79. The molecule has 0 aliphatic heterocycles. The summed E-state index contributed by atoms with van der Waals surface area (Å²) in [6, 6.07) is 15.7. The highest BCUT2D eigenvalue weighted by Gasteiger charge is 2.26. The lowest BCUT2D eigenvalue weighted by Gasteiger charge is -2.13. The summed E-state index contributed by atoms with van der Waals surface area (Å²) in [5.41, 5.74) is 0.579. The number of benzene rings is 1. The number of aldehydes is 1. The van der Waals surface area contributed by atoms with Crippen molar-refractivity contribution in [2.24, 2.45) is 0 Å². The maximum Gasteiger partial charge on any atom is 0.514 e. The molecule has 16 nitrogen and oxygen atoms in total. The number of aliphatic hydroxyl groups excluding tert-OH is 2. The van der Waals surface area contributed by atoms with E-state index in [1.807, 2.05) is 0 Å². The molecule has 5 rings (SSSR count). The molecule has 2 N–H and O–H groups in total. The van der Waals surface area contributed by atoms with Gasteiger partial charge in [0.05, 0.1) is 4.32 Å². The lowest BCUT2D eigenvalue weighted by molar-refractivity contribution is -0.148. The summed E-state index contributed by atoms with van der Waals surface area (Å²) in [7, 11) is 0. The predicted molar refractivity (Wildman–Crippen MR) is 249 cm³/mol. The second-order valence-electron chi connectivity index (χ2n) is 13.9. The van der Waals surface area contributed by atoms with Crippen molar-refractivity contribution in [2.75, 3.05) is 0 Å². The average Bonchev–Trinajstić information content (AvgIpc) is 4.00. The lowest BCUT2D eigenvalue weighted by atomic mass is 10.1. The van der Waals surface area contributed by atoms with E-state index < -0.39 is 30.7 Å². The van der Waals surface area contributed by atoms with Crippen molar-refractivity contribution in [3.63, 3.8) is 0 Å². The normalized spacial score (nSPS) is 10.8. The summed E-state index contributed by atoms with van der Waals surface area (Å²) in [6.45, 7) is 11.7. The molecule has 0 atom stereocenters. The molecular weight excluding hydrogens is 1130 g/mol. The SMILES string of the molecule is CC(C)(Br)C(=O)Br.CC(C)(Br)C(=O)OCc1ccc(CO)o1.Cc1cc(=O)oc2cc(OC(=O)OCc3ccc(COC(=O)C(C)(C)Br)o3)ccc12.O=Cc1ccc(CO)o1.S=S. The van der Waals surface area contributed by atoms with E-state index in [9.17, 15) is 28.8 Å². The fourth-order valence-electron chi connectivity index (χ4n) is 3.95. The topological polar surface area (TPSA) is 232 Å². The Balaban J connectivity index is 0.000000495. The van der Waals surface area contributed by atoms with E-state index in [0.717, 1.165) is 10.9 Å². The average molecular weight is 1180 g/mol. The third-order valence-corrected chi connectivity index (χ3v) is 9.66. The number of hydrogen-bond donors (Lipinski definition) is 2. The van der Waals surface area contributed by atoms with Crippen LogP contribution in [0.3, 0.4) is 0 Å². The van der Waals surface area contributed by atoms with Gasteiger partial charge >= 0.3 is 23.7 Å². The largest absolute Gasteiger partial charge is 0.514 e. The van der Waals surface area contributed by atoms with Gasteiger partial charge in [0.15, 0.2) is 18.7 Å². The Labute approximate surface area is 405 Å². The number of alkyl halides is 3. The smallest absolute Gasteiger partial charge is 0.460 e. The Morgan fingerprint density at radius 3 is 1.48 bits per heavy atom. The van der Waals surface area contributed by atoms with Crippen LogP contribution in [0.15, 0.2) is 83.1 Å². The molecule has 344 valence electrons. The number of aryl methyl sites for hydroxylation is 1. The van der Waals surface area contributed by atoms with Crippen LogP contribution in [-0.2, 0) is 84.0 Å². The van der Waals surface area contributed by atoms with Gasteiger partial charge in [-0.3, -0.25) is 19.2 Å². The van der Waals surface area contributed by atoms with Crippen molar-refractivity contribution in [3.8, 4) is 5.75 Å². The first-order chi connectivity index (χ1) is 29.4. The van der Waals surface area contributed by atoms with E-state index in [4.69, 9.17) is 46.8 Å². The highest BCUT2D eigenvalue weighted by atomic mass is 79.9. The number of hydrogen-bond acceptors (Lipinski definition) is 18. The number of carbonyl (C=O) groups is 5. The zero-order valence-electron chi connectivity index (χ0n) is 34.8. The number of aliphatic hydroxyl groups is 2. The van der Waals surface area contributed by atoms with E-state index >= 15 is 0 Å². The summed E-state index contributed by atoms with van der Waals surface area (Å²) in [4.78, 5) is 66.8. The van der Waals surface area contributed by atoms with Crippen LogP contribution < -0.4 is 10.4 Å². The molecule has 0 spiro atoms. The molecular formula is C41H44Br4O16S2. The molecule has 0 radical (unpaired) electrons. The summed E-state index contributed by atoms with van der Waals surface area (Å²) >= 11 is 19.7. The van der Waals surface area contributed by atoms with Crippen molar-refractivity contribution in [2.45, 2.75) is 94.5 Å². The van der Waals surface area contributed by atoms with Crippen LogP contribution in [0.4, 0.5) is 4.79 Å². The van der Waals surface area contributed by atoms with E-state index in [2.05, 4.69) is 86.1 Å². The second kappa shape index (κ2) is 27.4. The zero-order valence-corrected chi connectivity index (χ0v) is 42.8. The summed E-state index contributed by atoms with van der Waals surface area (Å²) in [6.07, 6.45) is -0.353. The van der Waals surface area contributed by atoms with E-state index in [1.54, 1.807) is 90.9 Å². The molecule has 0 saturated carbocycles. The Morgan fingerprint density at radius 1 is 0.651 bits per heavy atom.